The number of pyridine rings is 2. The first kappa shape index (κ1) is 25.2. The molecule has 0 aliphatic carbocycles. The van der Waals surface area contributed by atoms with E-state index in [1.807, 2.05) is 17.6 Å². The second-order valence-electron chi connectivity index (χ2n) is 9.24. The fraction of sp³-hybridized carbons (Fsp3) is 0.192. The van der Waals surface area contributed by atoms with Gasteiger partial charge >= 0.3 is 6.18 Å². The van der Waals surface area contributed by atoms with Crippen molar-refractivity contribution < 1.29 is 18.0 Å². The molecule has 40 heavy (non-hydrogen) atoms. The second kappa shape index (κ2) is 9.25. The summed E-state index contributed by atoms with van der Waals surface area (Å²) < 4.78 is 45.4. The van der Waals surface area contributed by atoms with Gasteiger partial charge in [0.15, 0.2) is 0 Å². The maximum absolute atomic E-state index is 14.0. The van der Waals surface area contributed by atoms with Gasteiger partial charge in [0.25, 0.3) is 17.5 Å². The largest absolute Gasteiger partial charge is 0.417 e. The molecule has 0 spiro atoms. The highest BCUT2D eigenvalue weighted by Gasteiger charge is 2.36. The topological polar surface area (TPSA) is 142 Å². The molecule has 3 aliphatic rings. The van der Waals surface area contributed by atoms with Crippen molar-refractivity contribution in [2.75, 3.05) is 11.9 Å². The molecule has 2 aromatic heterocycles. The Kier molecular flexibility index (Phi) is 5.82. The minimum atomic E-state index is -4.72. The van der Waals surface area contributed by atoms with Crippen LogP contribution in [0.5, 0.6) is 0 Å². The number of aryl methyl sites for hydroxylation is 2. The van der Waals surface area contributed by atoms with E-state index < -0.39 is 23.3 Å². The van der Waals surface area contributed by atoms with Gasteiger partial charge in [-0.05, 0) is 41.8 Å². The smallest absolute Gasteiger partial charge is 0.369 e. The number of amides is 1. The number of rotatable bonds is 4. The lowest BCUT2D eigenvalue weighted by Gasteiger charge is -2.20. The third-order valence-corrected chi connectivity index (χ3v) is 6.59. The molecule has 202 valence electrons. The average Bonchev–Trinajstić information content (AvgIpc) is 3.57. The fourth-order valence-electron chi connectivity index (χ4n) is 4.83. The summed E-state index contributed by atoms with van der Waals surface area (Å²) >= 11 is 0. The van der Waals surface area contributed by atoms with Crippen molar-refractivity contribution in [3.8, 4) is 33.6 Å². The fourth-order valence-corrected chi connectivity index (χ4v) is 4.83. The molecule has 0 fully saturated rings. The van der Waals surface area contributed by atoms with Crippen LogP contribution >= 0.6 is 0 Å². The molecule has 0 saturated carbocycles. The molecule has 0 atom stereocenters. The first-order valence-electron chi connectivity index (χ1n) is 12.1. The predicted molar refractivity (Wildman–Crippen MR) is 138 cm³/mol. The van der Waals surface area contributed by atoms with E-state index in [4.69, 9.17) is 5.73 Å². The molecule has 0 unspecified atom stereocenters. The average molecular weight is 547 g/mol. The first-order valence-corrected chi connectivity index (χ1v) is 12.1. The number of halogens is 3. The van der Waals surface area contributed by atoms with Gasteiger partial charge in [0, 0.05) is 49.2 Å². The number of hydrogen-bond donors (Lipinski definition) is 2. The minimum Gasteiger partial charge on any atom is -0.369 e. The number of nitrogens with two attached hydrogens (primary N) is 1. The zero-order valence-electron chi connectivity index (χ0n) is 21.2. The standard InChI is InChI=1S/C26H21F3N10O/c1-13-3-4-14(19-18(26(27,28)29)5-6-31-20(19)21(30)40)9-16(13)17-10-15-11-33-24(36-25-34-12-38(2)37-25)35-22(15)39-8-7-32-23(17)39/h3-6,9-12,32H,7-8H2,1-2H3,(H2,30,40). The Balaban J connectivity index is 1.55. The summed E-state index contributed by atoms with van der Waals surface area (Å²) in [6, 6.07) is 7.57. The Morgan fingerprint density at radius 2 is 1.90 bits per heavy atom. The zero-order valence-corrected chi connectivity index (χ0v) is 21.2. The molecule has 6 rings (SSSR count). The summed E-state index contributed by atoms with van der Waals surface area (Å²) in [5.41, 5.74) is 6.90. The highest BCUT2D eigenvalue weighted by atomic mass is 19.4. The van der Waals surface area contributed by atoms with Gasteiger partial charge in [0.1, 0.15) is 23.7 Å². The van der Waals surface area contributed by atoms with E-state index in [1.165, 1.54) is 17.1 Å². The van der Waals surface area contributed by atoms with Gasteiger partial charge in [-0.15, -0.1) is 5.10 Å². The van der Waals surface area contributed by atoms with Gasteiger partial charge in [-0.3, -0.25) is 14.5 Å². The maximum atomic E-state index is 14.0. The molecule has 1 aromatic carbocycles. The van der Waals surface area contributed by atoms with E-state index in [0.29, 0.717) is 30.0 Å². The Morgan fingerprint density at radius 1 is 1.10 bits per heavy atom. The third-order valence-electron chi connectivity index (χ3n) is 6.59. The number of benzene rings is 1. The molecule has 11 nitrogen and oxygen atoms in total. The summed E-state index contributed by atoms with van der Waals surface area (Å²) in [7, 11) is 1.73. The molecule has 0 bridgehead atoms. The van der Waals surface area contributed by atoms with E-state index in [0.717, 1.165) is 29.2 Å². The van der Waals surface area contributed by atoms with Crippen LogP contribution < -0.4 is 16.7 Å². The SMILES string of the molecule is Cc1ccc(-c2c(C(F)(F)F)ccnc2C(N)=O)cc1-c1cc2cnc(=Nc3ncn(C)n3)nc-2n2c1NCC2. The maximum Gasteiger partial charge on any atom is 0.417 e. The van der Waals surface area contributed by atoms with E-state index in [1.54, 1.807) is 25.4 Å². The predicted octanol–water partition coefficient (Wildman–Crippen LogP) is 3.32. The van der Waals surface area contributed by atoms with Crippen LogP contribution in [0.4, 0.5) is 24.9 Å². The second-order valence-corrected chi connectivity index (χ2v) is 9.24. The van der Waals surface area contributed by atoms with E-state index >= 15 is 0 Å². The van der Waals surface area contributed by atoms with Gasteiger partial charge in [0.05, 0.1) is 5.56 Å². The van der Waals surface area contributed by atoms with Crippen LogP contribution in [0, 0.1) is 6.92 Å². The van der Waals surface area contributed by atoms with Crippen molar-refractivity contribution in [2.45, 2.75) is 19.6 Å². The molecule has 14 heteroatoms. The lowest BCUT2D eigenvalue weighted by molar-refractivity contribution is -0.137. The monoisotopic (exact) mass is 546 g/mol. The summed E-state index contributed by atoms with van der Waals surface area (Å²) in [6.07, 6.45) is -0.635. The van der Waals surface area contributed by atoms with Gasteiger partial charge in [-0.1, -0.05) is 12.1 Å². The van der Waals surface area contributed by atoms with Crippen LogP contribution in [-0.2, 0) is 19.8 Å². The Hall–Kier alpha value is -5.14. The number of nitrogens with one attached hydrogen (secondary N) is 1. The molecule has 5 heterocycles. The van der Waals surface area contributed by atoms with Crippen LogP contribution in [0.1, 0.15) is 21.6 Å². The lowest BCUT2D eigenvalue weighted by Crippen LogP contribution is -2.18. The number of hydrogen-bond acceptors (Lipinski definition) is 8. The van der Waals surface area contributed by atoms with Gasteiger partial charge in [-0.2, -0.15) is 28.1 Å². The highest BCUT2D eigenvalue weighted by molar-refractivity contribution is 5.99. The summed E-state index contributed by atoms with van der Waals surface area (Å²) in [6.45, 7) is 3.08. The molecular weight excluding hydrogens is 525 g/mol. The zero-order chi connectivity index (χ0) is 28.2. The Labute approximate surface area is 224 Å². The van der Waals surface area contributed by atoms with Gasteiger partial charge in [-0.25, -0.2) is 4.98 Å². The molecule has 1 amide bonds. The van der Waals surface area contributed by atoms with Crippen LogP contribution in [0.3, 0.4) is 0 Å². The third kappa shape index (κ3) is 4.32. The number of carbonyl (C=O) groups excluding carboxylic acids is 1. The van der Waals surface area contributed by atoms with Gasteiger partial charge < -0.3 is 15.6 Å². The van der Waals surface area contributed by atoms with Crippen molar-refractivity contribution in [3.63, 3.8) is 0 Å². The van der Waals surface area contributed by atoms with Gasteiger partial charge in [0.2, 0.25) is 0 Å². The van der Waals surface area contributed by atoms with E-state index in [9.17, 15) is 18.0 Å². The number of nitrogens with zero attached hydrogens (tertiary/aromatic N) is 8. The van der Waals surface area contributed by atoms with Crippen molar-refractivity contribution in [1.29, 1.82) is 0 Å². The highest BCUT2D eigenvalue weighted by Crippen LogP contribution is 2.42. The lowest BCUT2D eigenvalue weighted by atomic mass is 9.91. The number of primary amides is 1. The molecule has 3 aromatic rings. The minimum absolute atomic E-state index is 0.167. The van der Waals surface area contributed by atoms with Crippen LogP contribution in [-0.4, -0.2) is 46.7 Å². The number of fused-ring (bicyclic) bond motifs is 3. The van der Waals surface area contributed by atoms with Crippen LogP contribution in [0.2, 0.25) is 0 Å². The number of aromatic nitrogens is 7. The molecule has 3 aliphatic heterocycles. The normalized spacial score (nSPS) is 13.5. The van der Waals surface area contributed by atoms with Crippen molar-refractivity contribution in [1.82, 2.24) is 34.3 Å². The first-order chi connectivity index (χ1) is 19.1. The summed E-state index contributed by atoms with van der Waals surface area (Å²) in [5.74, 6) is 0.552. The van der Waals surface area contributed by atoms with Crippen LogP contribution in [0.15, 0.2) is 54.0 Å². The van der Waals surface area contributed by atoms with Crippen molar-refractivity contribution in [3.05, 3.63) is 71.5 Å². The van der Waals surface area contributed by atoms with Crippen molar-refractivity contribution in [2.24, 2.45) is 17.8 Å². The molecule has 0 saturated heterocycles. The molecular formula is C26H21F3N10O. The number of alkyl halides is 3. The quantitative estimate of drug-likeness (QED) is 0.352. The number of carbonyl (C=O) groups is 1. The van der Waals surface area contributed by atoms with E-state index in [-0.39, 0.29) is 22.7 Å². The Morgan fingerprint density at radius 3 is 2.62 bits per heavy atom. The summed E-state index contributed by atoms with van der Waals surface area (Å²) in [4.78, 5) is 33.3. The van der Waals surface area contributed by atoms with E-state index in [2.05, 4.69) is 35.3 Å². The van der Waals surface area contributed by atoms with Crippen LogP contribution in [0.25, 0.3) is 33.6 Å². The number of anilines is 1. The molecule has 3 N–H and O–H groups in total. The van der Waals surface area contributed by atoms with Crippen molar-refractivity contribution >= 4 is 17.7 Å². The summed E-state index contributed by atoms with van der Waals surface area (Å²) in [5, 5.41) is 7.49. The Bertz CT molecular complexity index is 1840. The molecule has 0 radical (unpaired) electrons.